The van der Waals surface area contributed by atoms with Gasteiger partial charge in [-0.05, 0) is 12.1 Å². The van der Waals surface area contributed by atoms with E-state index in [0.717, 1.165) is 16.7 Å². The first kappa shape index (κ1) is 7.17. The molecule has 1 aromatic heterocycles. The molecule has 0 amide bonds. The van der Waals surface area contributed by atoms with Crippen molar-refractivity contribution >= 4 is 11.0 Å². The molecule has 0 saturated carbocycles. The fraction of sp³-hybridized carbons (Fsp3) is 0. The third-order valence-electron chi connectivity index (χ3n) is 1.73. The highest BCUT2D eigenvalue weighted by atomic mass is 16.3. The Morgan fingerprint density at radius 1 is 1.25 bits per heavy atom. The van der Waals surface area contributed by atoms with Crippen molar-refractivity contribution in [2.24, 2.45) is 0 Å². The van der Waals surface area contributed by atoms with E-state index in [1.54, 1.807) is 6.08 Å². The van der Waals surface area contributed by atoms with Gasteiger partial charge >= 0.3 is 0 Å². The minimum atomic E-state index is 0.853. The monoisotopic (exact) mass is 157 g/mol. The molecular weight excluding hydrogens is 148 g/mol. The first-order valence-corrected chi connectivity index (χ1v) is 3.84. The molecule has 0 atom stereocenters. The summed E-state index contributed by atoms with van der Waals surface area (Å²) in [4.78, 5) is 0. The van der Waals surface area contributed by atoms with E-state index >= 15 is 0 Å². The highest BCUT2D eigenvalue weighted by molar-refractivity contribution is 5.78. The number of hydrogen-bond donors (Lipinski definition) is 0. The zero-order chi connectivity index (χ0) is 8.39. The maximum absolute atomic E-state index is 5.48. The number of fused-ring (bicyclic) bond motifs is 1. The highest BCUT2D eigenvalue weighted by Gasteiger charge is 1.99. The third-order valence-corrected chi connectivity index (χ3v) is 1.73. The molecule has 0 N–H and O–H groups in total. The molecule has 0 unspecified atom stereocenters. The molecule has 0 spiro atoms. The Bertz CT molecular complexity index is 365. The number of rotatable bonds is 2. The van der Waals surface area contributed by atoms with Crippen LogP contribution in [0, 0.1) is 6.42 Å². The summed E-state index contributed by atoms with van der Waals surface area (Å²) < 4.78 is 5.48. The van der Waals surface area contributed by atoms with E-state index in [-0.39, 0.29) is 0 Å². The van der Waals surface area contributed by atoms with Gasteiger partial charge in [0.1, 0.15) is 11.3 Å². The van der Waals surface area contributed by atoms with Crippen molar-refractivity contribution in [2.45, 2.75) is 0 Å². The summed E-state index contributed by atoms with van der Waals surface area (Å²) in [6, 6.07) is 9.94. The summed E-state index contributed by atoms with van der Waals surface area (Å²) in [5.74, 6) is 0.853. The normalized spacial score (nSPS) is 10.3. The first-order valence-electron chi connectivity index (χ1n) is 3.84. The van der Waals surface area contributed by atoms with Crippen molar-refractivity contribution in [1.82, 2.24) is 0 Å². The lowest BCUT2D eigenvalue weighted by molar-refractivity contribution is 0.589. The molecule has 1 aromatic carbocycles. The molecule has 1 nitrogen and oxygen atoms in total. The van der Waals surface area contributed by atoms with Gasteiger partial charge in [-0.2, -0.15) is 0 Å². The second-order valence-electron chi connectivity index (χ2n) is 2.59. The number of para-hydroxylation sites is 1. The summed E-state index contributed by atoms with van der Waals surface area (Å²) in [6.45, 7) is 3.61. The van der Waals surface area contributed by atoms with Crippen LogP contribution in [0.15, 0.2) is 47.4 Å². The molecule has 0 aliphatic rings. The zero-order valence-corrected chi connectivity index (χ0v) is 6.66. The van der Waals surface area contributed by atoms with E-state index in [1.807, 2.05) is 36.8 Å². The molecule has 1 heterocycles. The van der Waals surface area contributed by atoms with Crippen LogP contribution < -0.4 is 0 Å². The van der Waals surface area contributed by atoms with Crippen LogP contribution in [0.4, 0.5) is 0 Å². The van der Waals surface area contributed by atoms with Gasteiger partial charge in [-0.15, -0.1) is 6.58 Å². The second-order valence-corrected chi connectivity index (χ2v) is 2.59. The molecule has 0 aliphatic carbocycles. The lowest BCUT2D eigenvalue weighted by atomic mass is 10.2. The summed E-state index contributed by atoms with van der Waals surface area (Å²) in [5.41, 5.74) is 0.922. The summed E-state index contributed by atoms with van der Waals surface area (Å²) in [5, 5.41) is 1.13. The Hall–Kier alpha value is -1.50. The standard InChI is InChI=1S/C11H9O/c1-2-5-10-8-9-6-3-4-7-11(9)12-10/h2-8H,1H2. The van der Waals surface area contributed by atoms with Gasteiger partial charge in [0.15, 0.2) is 0 Å². The zero-order valence-electron chi connectivity index (χ0n) is 6.66. The van der Waals surface area contributed by atoms with E-state index in [9.17, 15) is 0 Å². The van der Waals surface area contributed by atoms with Gasteiger partial charge in [0, 0.05) is 11.8 Å². The van der Waals surface area contributed by atoms with E-state index in [4.69, 9.17) is 4.42 Å². The van der Waals surface area contributed by atoms with Crippen LogP contribution in [-0.2, 0) is 0 Å². The molecule has 59 valence electrons. The van der Waals surface area contributed by atoms with Gasteiger partial charge in [-0.3, -0.25) is 0 Å². The molecular formula is C11H9O. The predicted molar refractivity (Wildman–Crippen MR) is 49.8 cm³/mol. The average Bonchev–Trinajstić information content (AvgIpc) is 2.47. The van der Waals surface area contributed by atoms with Gasteiger partial charge < -0.3 is 4.42 Å². The molecule has 2 rings (SSSR count). The molecule has 0 bridgehead atoms. The summed E-state index contributed by atoms with van der Waals surface area (Å²) >= 11 is 0. The van der Waals surface area contributed by atoms with Crippen LogP contribution in [0.3, 0.4) is 0 Å². The van der Waals surface area contributed by atoms with Crippen molar-refractivity contribution < 1.29 is 4.42 Å². The van der Waals surface area contributed by atoms with Crippen molar-refractivity contribution in [3.8, 4) is 0 Å². The SMILES string of the molecule is C=C[CH]c1cc2ccccc2o1. The van der Waals surface area contributed by atoms with Crippen LogP contribution in [-0.4, -0.2) is 0 Å². The van der Waals surface area contributed by atoms with Crippen LogP contribution in [0.1, 0.15) is 5.76 Å². The van der Waals surface area contributed by atoms with Gasteiger partial charge in [-0.1, -0.05) is 24.3 Å². The Kier molecular flexibility index (Phi) is 1.71. The first-order chi connectivity index (χ1) is 5.90. The smallest absolute Gasteiger partial charge is 0.134 e. The quantitative estimate of drug-likeness (QED) is 0.652. The number of hydrogen-bond acceptors (Lipinski definition) is 1. The Morgan fingerprint density at radius 2 is 2.08 bits per heavy atom. The Labute approximate surface area is 71.3 Å². The van der Waals surface area contributed by atoms with Crippen LogP contribution in [0.2, 0.25) is 0 Å². The lowest BCUT2D eigenvalue weighted by Gasteiger charge is -1.84. The topological polar surface area (TPSA) is 13.1 Å². The van der Waals surface area contributed by atoms with Crippen molar-refractivity contribution in [1.29, 1.82) is 0 Å². The van der Waals surface area contributed by atoms with Gasteiger partial charge in [0.2, 0.25) is 0 Å². The van der Waals surface area contributed by atoms with Gasteiger partial charge in [-0.25, -0.2) is 0 Å². The third kappa shape index (κ3) is 1.14. The number of benzene rings is 1. The molecule has 12 heavy (non-hydrogen) atoms. The molecule has 1 heteroatoms. The van der Waals surface area contributed by atoms with Crippen LogP contribution in [0.5, 0.6) is 0 Å². The molecule has 0 aliphatic heterocycles. The van der Waals surface area contributed by atoms with Gasteiger partial charge in [0.25, 0.3) is 0 Å². The average molecular weight is 157 g/mol. The number of allylic oxidation sites excluding steroid dienone is 1. The van der Waals surface area contributed by atoms with E-state index in [2.05, 4.69) is 6.58 Å². The largest absolute Gasteiger partial charge is 0.460 e. The molecule has 1 radical (unpaired) electrons. The molecule has 0 fully saturated rings. The fourth-order valence-corrected chi connectivity index (χ4v) is 1.20. The van der Waals surface area contributed by atoms with E-state index in [1.165, 1.54) is 0 Å². The van der Waals surface area contributed by atoms with E-state index < -0.39 is 0 Å². The fourth-order valence-electron chi connectivity index (χ4n) is 1.20. The number of furan rings is 1. The predicted octanol–water partition coefficient (Wildman–Crippen LogP) is 3.17. The molecule has 0 saturated heterocycles. The van der Waals surface area contributed by atoms with Crippen molar-refractivity contribution in [2.75, 3.05) is 0 Å². The minimum absolute atomic E-state index is 0.853. The Balaban J connectivity index is 2.54. The maximum Gasteiger partial charge on any atom is 0.134 e. The van der Waals surface area contributed by atoms with E-state index in [0.29, 0.717) is 0 Å². The van der Waals surface area contributed by atoms with Crippen molar-refractivity contribution in [3.05, 3.63) is 55.2 Å². The maximum atomic E-state index is 5.48. The van der Waals surface area contributed by atoms with Crippen LogP contribution >= 0.6 is 0 Å². The lowest BCUT2D eigenvalue weighted by Crippen LogP contribution is -1.66. The Morgan fingerprint density at radius 3 is 2.83 bits per heavy atom. The summed E-state index contributed by atoms with van der Waals surface area (Å²) in [7, 11) is 0. The molecule has 2 aromatic rings. The second kappa shape index (κ2) is 2.86. The van der Waals surface area contributed by atoms with Gasteiger partial charge in [0.05, 0.1) is 0 Å². The minimum Gasteiger partial charge on any atom is -0.460 e. The summed E-state index contributed by atoms with van der Waals surface area (Å²) in [6.07, 6.45) is 3.57. The van der Waals surface area contributed by atoms with Crippen molar-refractivity contribution in [3.63, 3.8) is 0 Å². The van der Waals surface area contributed by atoms with Crippen LogP contribution in [0.25, 0.3) is 11.0 Å². The highest BCUT2D eigenvalue weighted by Crippen LogP contribution is 2.19.